The van der Waals surface area contributed by atoms with E-state index in [1.165, 1.54) is 12.1 Å². The van der Waals surface area contributed by atoms with Crippen LogP contribution in [0.15, 0.2) is 54.6 Å². The van der Waals surface area contributed by atoms with Gasteiger partial charge in [-0.15, -0.1) is 0 Å². The van der Waals surface area contributed by atoms with E-state index in [9.17, 15) is 4.79 Å². The average molecular weight is 442 g/mol. The Balaban J connectivity index is 0.00000162. The maximum absolute atomic E-state index is 10.3. The number of benzene rings is 2. The van der Waals surface area contributed by atoms with Crippen LogP contribution < -0.4 is 9.47 Å². The number of hydrogen-bond donors (Lipinski definition) is 1. The number of ether oxygens (including phenoxy) is 2. The molecule has 94 valence electrons. The first-order valence-electron chi connectivity index (χ1n) is 4.98. The molecule has 5 heteroatoms. The third kappa shape index (κ3) is 4.34. The Morgan fingerprint density at radius 3 is 1.89 bits per heavy atom. The Morgan fingerprint density at radius 1 is 0.833 bits per heavy atom. The minimum atomic E-state index is -1.33. The van der Waals surface area contributed by atoms with Crippen LogP contribution in [0.4, 0.5) is 4.79 Å². The van der Waals surface area contributed by atoms with Crippen LogP contribution in [-0.4, -0.2) is 37.5 Å². The number of para-hydroxylation sites is 1. The van der Waals surface area contributed by atoms with Crippen molar-refractivity contribution in [1.29, 1.82) is 0 Å². The van der Waals surface area contributed by atoms with E-state index in [1.807, 2.05) is 30.3 Å². The Labute approximate surface area is 123 Å². The van der Waals surface area contributed by atoms with Gasteiger partial charge in [0.15, 0.2) is 0 Å². The van der Waals surface area contributed by atoms with E-state index in [1.54, 1.807) is 12.1 Å². The predicted molar refractivity (Wildman–Crippen MR) is 71.5 cm³/mol. The molecule has 0 bridgehead atoms. The molecule has 0 aliphatic heterocycles. The van der Waals surface area contributed by atoms with Crippen LogP contribution in [0.1, 0.15) is 0 Å². The molecule has 0 aliphatic rings. The number of carbonyl (C=O) groups is 1. The van der Waals surface area contributed by atoms with Crippen LogP contribution in [0.25, 0.3) is 0 Å². The zero-order valence-corrected chi connectivity index (χ0v) is 15.1. The summed E-state index contributed by atoms with van der Waals surface area (Å²) in [5.41, 5.74) is 0. The Bertz CT molecular complexity index is 496. The van der Waals surface area contributed by atoms with Gasteiger partial charge in [0.1, 0.15) is 17.2 Å². The van der Waals surface area contributed by atoms with Gasteiger partial charge in [0.25, 0.3) is 0 Å². The van der Waals surface area contributed by atoms with Crippen molar-refractivity contribution in [2.75, 3.05) is 0 Å². The molecule has 0 fully saturated rings. The van der Waals surface area contributed by atoms with E-state index in [0.717, 1.165) is 5.75 Å². The summed E-state index contributed by atoms with van der Waals surface area (Å²) in [5, 5.41) is 8.42. The molecular formula is C13H13BiO4. The number of rotatable bonds is 3. The van der Waals surface area contributed by atoms with Gasteiger partial charge >= 0.3 is 32.4 Å². The van der Waals surface area contributed by atoms with Crippen LogP contribution in [0, 0.1) is 0 Å². The average Bonchev–Trinajstić information content (AvgIpc) is 2.32. The molecule has 0 saturated heterocycles. The summed E-state index contributed by atoms with van der Waals surface area (Å²) in [6, 6.07) is 15.7. The zero-order chi connectivity index (χ0) is 12.1. The van der Waals surface area contributed by atoms with Gasteiger partial charge in [0.2, 0.25) is 0 Å². The second kappa shape index (κ2) is 6.97. The molecule has 2 aromatic carbocycles. The molecular weight excluding hydrogens is 429 g/mol. The first kappa shape index (κ1) is 14.5. The second-order valence-corrected chi connectivity index (χ2v) is 3.25. The molecule has 0 heterocycles. The SMILES string of the molecule is O=C(O)Oc1ccc(Oc2ccccc2)cc1.[BiH3]. The van der Waals surface area contributed by atoms with Crippen molar-refractivity contribution in [3.63, 3.8) is 0 Å². The third-order valence-corrected chi connectivity index (χ3v) is 2.01. The van der Waals surface area contributed by atoms with E-state index in [2.05, 4.69) is 4.74 Å². The normalized spacial score (nSPS) is 9.11. The van der Waals surface area contributed by atoms with Crippen molar-refractivity contribution in [3.05, 3.63) is 54.6 Å². The molecule has 0 unspecified atom stereocenters. The zero-order valence-electron chi connectivity index (χ0n) is 9.58. The van der Waals surface area contributed by atoms with Gasteiger partial charge in [-0.25, -0.2) is 4.79 Å². The summed E-state index contributed by atoms with van der Waals surface area (Å²) in [5.74, 6) is 1.60. The topological polar surface area (TPSA) is 55.8 Å². The predicted octanol–water partition coefficient (Wildman–Crippen LogP) is 2.35. The molecule has 0 aromatic heterocycles. The minimum absolute atomic E-state index is 0. The molecule has 0 atom stereocenters. The van der Waals surface area contributed by atoms with Gasteiger partial charge in [0.05, 0.1) is 0 Å². The molecule has 1 N–H and O–H groups in total. The monoisotopic (exact) mass is 442 g/mol. The summed E-state index contributed by atoms with van der Waals surface area (Å²) in [4.78, 5) is 10.3. The van der Waals surface area contributed by atoms with E-state index in [4.69, 9.17) is 9.84 Å². The van der Waals surface area contributed by atoms with Crippen LogP contribution in [0.3, 0.4) is 0 Å². The molecule has 0 radical (unpaired) electrons. The van der Waals surface area contributed by atoms with Gasteiger partial charge < -0.3 is 14.6 Å². The first-order valence-corrected chi connectivity index (χ1v) is 4.98. The van der Waals surface area contributed by atoms with Gasteiger partial charge in [-0.1, -0.05) is 18.2 Å². The van der Waals surface area contributed by atoms with E-state index >= 15 is 0 Å². The summed E-state index contributed by atoms with van der Waals surface area (Å²) in [6.45, 7) is 0. The Morgan fingerprint density at radius 2 is 1.33 bits per heavy atom. The number of carboxylic acid groups (broad SMARTS) is 1. The third-order valence-electron chi connectivity index (χ3n) is 2.01. The fourth-order valence-corrected chi connectivity index (χ4v) is 1.30. The van der Waals surface area contributed by atoms with Crippen molar-refractivity contribution in [3.8, 4) is 17.2 Å². The van der Waals surface area contributed by atoms with E-state index in [0.29, 0.717) is 5.75 Å². The van der Waals surface area contributed by atoms with Crippen molar-refractivity contribution in [2.45, 2.75) is 0 Å². The first-order chi connectivity index (χ1) is 8.24. The molecule has 2 aromatic rings. The standard InChI is InChI=1S/C13H10O4.Bi.3H/c14-13(15)17-12-8-6-11(7-9-12)16-10-4-2-1-3-5-10;;;;/h1-9H,(H,14,15);;;;. The van der Waals surface area contributed by atoms with Gasteiger partial charge in [-0.3, -0.25) is 0 Å². The second-order valence-electron chi connectivity index (χ2n) is 3.25. The Kier molecular flexibility index (Phi) is 5.60. The fourth-order valence-electron chi connectivity index (χ4n) is 1.30. The van der Waals surface area contributed by atoms with Crippen molar-refractivity contribution in [2.24, 2.45) is 0 Å². The van der Waals surface area contributed by atoms with Crippen LogP contribution in [0.2, 0.25) is 0 Å². The van der Waals surface area contributed by atoms with E-state index in [-0.39, 0.29) is 32.0 Å². The van der Waals surface area contributed by atoms with Gasteiger partial charge in [-0.2, -0.15) is 0 Å². The van der Waals surface area contributed by atoms with Gasteiger partial charge in [-0.05, 0) is 36.4 Å². The summed E-state index contributed by atoms with van der Waals surface area (Å²) >= 11 is 0. The summed E-state index contributed by atoms with van der Waals surface area (Å²) in [6.07, 6.45) is -1.33. The van der Waals surface area contributed by atoms with Crippen LogP contribution >= 0.6 is 0 Å². The number of hydrogen-bond acceptors (Lipinski definition) is 3. The van der Waals surface area contributed by atoms with Crippen LogP contribution in [0.5, 0.6) is 17.2 Å². The molecule has 4 nitrogen and oxygen atoms in total. The molecule has 0 saturated carbocycles. The van der Waals surface area contributed by atoms with Crippen LogP contribution in [-0.2, 0) is 0 Å². The van der Waals surface area contributed by atoms with Crippen molar-refractivity contribution in [1.82, 2.24) is 0 Å². The molecule has 0 aliphatic carbocycles. The van der Waals surface area contributed by atoms with Crippen molar-refractivity contribution >= 4 is 32.4 Å². The quantitative estimate of drug-likeness (QED) is 0.451. The Hall–Kier alpha value is -1.61. The summed E-state index contributed by atoms with van der Waals surface area (Å²) < 4.78 is 10.0. The van der Waals surface area contributed by atoms with Gasteiger partial charge in [0, 0.05) is 0 Å². The van der Waals surface area contributed by atoms with Crippen molar-refractivity contribution < 1.29 is 19.4 Å². The molecule has 18 heavy (non-hydrogen) atoms. The van der Waals surface area contributed by atoms with E-state index < -0.39 is 6.16 Å². The fraction of sp³-hybridized carbons (Fsp3) is 0. The maximum atomic E-state index is 10.3. The summed E-state index contributed by atoms with van der Waals surface area (Å²) in [7, 11) is 0. The molecule has 0 amide bonds. The molecule has 0 spiro atoms. The molecule has 2 rings (SSSR count).